The standard InChI is InChI=1S/C9H11Cl2N3O/c10-7-2-6(4-14-9(13)15)8(11)1-5(7)3-12/h1-2H,3-4,12H2,(H3,13,14,15). The number of hydrogen-bond acceptors (Lipinski definition) is 2. The number of nitrogens with one attached hydrogen (secondary N) is 1. The Morgan fingerprint density at radius 2 is 1.80 bits per heavy atom. The largest absolute Gasteiger partial charge is 0.352 e. The van der Waals surface area contributed by atoms with Crippen LogP contribution >= 0.6 is 23.2 Å². The fourth-order valence-electron chi connectivity index (χ4n) is 1.10. The molecule has 0 bridgehead atoms. The predicted molar refractivity (Wildman–Crippen MR) is 60.8 cm³/mol. The van der Waals surface area contributed by atoms with Gasteiger partial charge in [-0.3, -0.25) is 0 Å². The summed E-state index contributed by atoms with van der Waals surface area (Å²) >= 11 is 11.9. The molecule has 0 saturated carbocycles. The Balaban J connectivity index is 2.90. The van der Waals surface area contributed by atoms with Gasteiger partial charge in [-0.15, -0.1) is 0 Å². The normalized spacial score (nSPS) is 10.1. The van der Waals surface area contributed by atoms with Crippen LogP contribution in [0.4, 0.5) is 4.79 Å². The molecule has 1 aromatic carbocycles. The summed E-state index contributed by atoms with van der Waals surface area (Å²) in [6, 6.07) is 2.74. The number of primary amides is 1. The third kappa shape index (κ3) is 3.27. The van der Waals surface area contributed by atoms with Crippen LogP contribution in [-0.4, -0.2) is 6.03 Å². The van der Waals surface area contributed by atoms with Crippen molar-refractivity contribution in [3.8, 4) is 0 Å². The minimum absolute atomic E-state index is 0.249. The minimum Gasteiger partial charge on any atom is -0.352 e. The summed E-state index contributed by atoms with van der Waals surface area (Å²) in [4.78, 5) is 10.5. The zero-order chi connectivity index (χ0) is 11.4. The molecule has 0 unspecified atom stereocenters. The fraction of sp³-hybridized carbons (Fsp3) is 0.222. The Bertz CT molecular complexity index is 382. The number of carbonyl (C=O) groups excluding carboxylic acids is 1. The van der Waals surface area contributed by atoms with Crippen LogP contribution < -0.4 is 16.8 Å². The molecule has 82 valence electrons. The van der Waals surface area contributed by atoms with Gasteiger partial charge in [-0.2, -0.15) is 0 Å². The van der Waals surface area contributed by atoms with E-state index in [2.05, 4.69) is 5.32 Å². The van der Waals surface area contributed by atoms with Crippen molar-refractivity contribution in [2.45, 2.75) is 13.1 Å². The highest BCUT2D eigenvalue weighted by molar-refractivity contribution is 6.34. The maximum Gasteiger partial charge on any atom is 0.312 e. The third-order valence-electron chi connectivity index (χ3n) is 1.89. The molecule has 0 aliphatic carbocycles. The van der Waals surface area contributed by atoms with Crippen LogP contribution in [0, 0.1) is 0 Å². The number of nitrogens with two attached hydrogens (primary N) is 2. The summed E-state index contributed by atoms with van der Waals surface area (Å²) in [5.74, 6) is 0. The topological polar surface area (TPSA) is 81.1 Å². The van der Waals surface area contributed by atoms with Gasteiger partial charge in [0, 0.05) is 23.1 Å². The average Bonchev–Trinajstić information content (AvgIpc) is 2.18. The maximum atomic E-state index is 10.5. The van der Waals surface area contributed by atoms with E-state index < -0.39 is 6.03 Å². The smallest absolute Gasteiger partial charge is 0.312 e. The van der Waals surface area contributed by atoms with E-state index in [0.29, 0.717) is 22.2 Å². The Kier molecular flexibility index (Phi) is 4.20. The molecule has 4 nitrogen and oxygen atoms in total. The van der Waals surface area contributed by atoms with Crippen molar-refractivity contribution in [3.63, 3.8) is 0 Å². The first-order chi connectivity index (χ1) is 7.04. The van der Waals surface area contributed by atoms with Crippen molar-refractivity contribution in [3.05, 3.63) is 33.3 Å². The average molecular weight is 248 g/mol. The molecular weight excluding hydrogens is 237 g/mol. The van der Waals surface area contributed by atoms with E-state index in [-0.39, 0.29) is 6.54 Å². The van der Waals surface area contributed by atoms with Crippen LogP contribution in [-0.2, 0) is 13.1 Å². The molecule has 0 saturated heterocycles. The fourth-order valence-corrected chi connectivity index (χ4v) is 1.62. The van der Waals surface area contributed by atoms with Gasteiger partial charge in [-0.1, -0.05) is 23.2 Å². The lowest BCUT2D eigenvalue weighted by Crippen LogP contribution is -2.28. The summed E-state index contributed by atoms with van der Waals surface area (Å²) in [5, 5.41) is 3.47. The summed E-state index contributed by atoms with van der Waals surface area (Å²) in [7, 11) is 0. The lowest BCUT2D eigenvalue weighted by atomic mass is 10.1. The quantitative estimate of drug-likeness (QED) is 0.759. The van der Waals surface area contributed by atoms with Crippen LogP contribution in [0.3, 0.4) is 0 Å². The lowest BCUT2D eigenvalue weighted by molar-refractivity contribution is 0.248. The SMILES string of the molecule is NCc1cc(Cl)c(CNC(N)=O)cc1Cl. The first-order valence-electron chi connectivity index (χ1n) is 4.24. The number of halogens is 2. The van der Waals surface area contributed by atoms with Gasteiger partial charge < -0.3 is 16.8 Å². The molecule has 6 heteroatoms. The summed E-state index contributed by atoms with van der Waals surface area (Å²) in [6.07, 6.45) is 0. The summed E-state index contributed by atoms with van der Waals surface area (Å²) in [5.41, 5.74) is 11.9. The van der Waals surface area contributed by atoms with Gasteiger partial charge in [0.15, 0.2) is 0 Å². The number of rotatable bonds is 3. The van der Waals surface area contributed by atoms with Gasteiger partial charge in [0.1, 0.15) is 0 Å². The number of carbonyl (C=O) groups is 1. The van der Waals surface area contributed by atoms with E-state index in [4.69, 9.17) is 34.7 Å². The first-order valence-corrected chi connectivity index (χ1v) is 5.00. The van der Waals surface area contributed by atoms with E-state index in [1.54, 1.807) is 12.1 Å². The van der Waals surface area contributed by atoms with Gasteiger partial charge in [0.2, 0.25) is 0 Å². The van der Waals surface area contributed by atoms with Crippen molar-refractivity contribution in [1.82, 2.24) is 5.32 Å². The van der Waals surface area contributed by atoms with Crippen molar-refractivity contribution in [2.75, 3.05) is 0 Å². The predicted octanol–water partition coefficient (Wildman–Crippen LogP) is 1.62. The van der Waals surface area contributed by atoms with Gasteiger partial charge in [-0.25, -0.2) is 4.79 Å². The first kappa shape index (κ1) is 12.1. The maximum absolute atomic E-state index is 10.5. The highest BCUT2D eigenvalue weighted by Crippen LogP contribution is 2.24. The molecule has 0 heterocycles. The molecule has 0 fully saturated rings. The molecular formula is C9H11Cl2N3O. The van der Waals surface area contributed by atoms with E-state index in [9.17, 15) is 4.79 Å². The number of amides is 2. The molecule has 0 aromatic heterocycles. The van der Waals surface area contributed by atoms with Crippen LogP contribution in [0.25, 0.3) is 0 Å². The third-order valence-corrected chi connectivity index (χ3v) is 2.59. The van der Waals surface area contributed by atoms with Gasteiger partial charge in [0.05, 0.1) is 0 Å². The number of urea groups is 1. The van der Waals surface area contributed by atoms with Gasteiger partial charge in [0.25, 0.3) is 0 Å². The molecule has 1 rings (SSSR count). The molecule has 5 N–H and O–H groups in total. The minimum atomic E-state index is -0.606. The van der Waals surface area contributed by atoms with Crippen molar-refractivity contribution < 1.29 is 4.79 Å². The molecule has 0 radical (unpaired) electrons. The monoisotopic (exact) mass is 247 g/mol. The van der Waals surface area contributed by atoms with Crippen molar-refractivity contribution in [2.24, 2.45) is 11.5 Å². The molecule has 0 aliphatic heterocycles. The zero-order valence-electron chi connectivity index (χ0n) is 7.89. The molecule has 15 heavy (non-hydrogen) atoms. The van der Waals surface area contributed by atoms with Crippen molar-refractivity contribution in [1.29, 1.82) is 0 Å². The Hall–Kier alpha value is -0.970. The van der Waals surface area contributed by atoms with Crippen LogP contribution in [0.1, 0.15) is 11.1 Å². The Morgan fingerprint density at radius 1 is 1.27 bits per heavy atom. The van der Waals surface area contributed by atoms with E-state index in [0.717, 1.165) is 5.56 Å². The second-order valence-corrected chi connectivity index (χ2v) is 3.77. The summed E-state index contributed by atoms with van der Waals surface area (Å²) < 4.78 is 0. The number of benzene rings is 1. The highest BCUT2D eigenvalue weighted by Gasteiger charge is 2.06. The molecule has 0 atom stereocenters. The second-order valence-electron chi connectivity index (χ2n) is 2.96. The van der Waals surface area contributed by atoms with Crippen LogP contribution in [0.5, 0.6) is 0 Å². The Morgan fingerprint density at radius 3 is 2.33 bits per heavy atom. The summed E-state index contributed by atoms with van der Waals surface area (Å²) in [6.45, 7) is 0.570. The second kappa shape index (κ2) is 5.21. The van der Waals surface area contributed by atoms with Gasteiger partial charge >= 0.3 is 6.03 Å². The van der Waals surface area contributed by atoms with E-state index >= 15 is 0 Å². The van der Waals surface area contributed by atoms with Crippen molar-refractivity contribution >= 4 is 29.2 Å². The Labute approximate surface area is 97.5 Å². The van der Waals surface area contributed by atoms with E-state index in [1.807, 2.05) is 0 Å². The molecule has 0 spiro atoms. The molecule has 1 aromatic rings. The van der Waals surface area contributed by atoms with E-state index in [1.165, 1.54) is 0 Å². The molecule has 0 aliphatic rings. The van der Waals surface area contributed by atoms with Crippen LogP contribution in [0.15, 0.2) is 12.1 Å². The number of hydrogen-bond donors (Lipinski definition) is 3. The highest BCUT2D eigenvalue weighted by atomic mass is 35.5. The van der Waals surface area contributed by atoms with Gasteiger partial charge in [-0.05, 0) is 23.3 Å². The molecule has 2 amide bonds. The van der Waals surface area contributed by atoms with Crippen LogP contribution in [0.2, 0.25) is 10.0 Å². The zero-order valence-corrected chi connectivity index (χ0v) is 9.40. The lowest BCUT2D eigenvalue weighted by Gasteiger charge is -2.08.